The first kappa shape index (κ1) is 42.7. The fourth-order valence-electron chi connectivity index (χ4n) is 7.28. The van der Waals surface area contributed by atoms with Gasteiger partial charge in [-0.1, -0.05) is 53.5 Å². The highest BCUT2D eigenvalue weighted by molar-refractivity contribution is 6.39. The van der Waals surface area contributed by atoms with Crippen molar-refractivity contribution in [3.63, 3.8) is 0 Å². The number of carbonyl (C=O) groups excluding carboxylic acids is 3. The van der Waals surface area contributed by atoms with Crippen LogP contribution in [0.1, 0.15) is 65.0 Å². The highest BCUT2D eigenvalue weighted by Crippen LogP contribution is 2.42. The zero-order valence-corrected chi connectivity index (χ0v) is 35.6. The molecule has 0 spiro atoms. The number of pyridine rings is 2. The predicted molar refractivity (Wildman–Crippen MR) is 224 cm³/mol. The van der Waals surface area contributed by atoms with Gasteiger partial charge in [0.1, 0.15) is 11.4 Å². The van der Waals surface area contributed by atoms with Crippen molar-refractivity contribution in [2.45, 2.75) is 84.7 Å². The molecule has 2 aliphatic heterocycles. The minimum Gasteiger partial charge on any atom is -0.496 e. The Morgan fingerprint density at radius 1 is 0.966 bits per heavy atom. The van der Waals surface area contributed by atoms with Crippen LogP contribution in [0.4, 0.5) is 4.79 Å². The van der Waals surface area contributed by atoms with Crippen LogP contribution in [0.25, 0.3) is 33.6 Å². The van der Waals surface area contributed by atoms with Crippen LogP contribution in [0, 0.1) is 5.92 Å². The Bertz CT molecular complexity index is 2160. The molecule has 2 aromatic carbocycles. The largest absolute Gasteiger partial charge is 0.496 e. The lowest BCUT2D eigenvalue weighted by atomic mass is 9.99. The summed E-state index contributed by atoms with van der Waals surface area (Å²) < 4.78 is 22.7. The fraction of sp³-hybridized carbons (Fsp3) is 0.432. The first-order valence-electron chi connectivity index (χ1n) is 19.5. The molecule has 0 bridgehead atoms. The van der Waals surface area contributed by atoms with Gasteiger partial charge in [-0.2, -0.15) is 0 Å². The molecule has 2 fully saturated rings. The smallest absolute Gasteiger partial charge is 0.410 e. The second-order valence-electron chi connectivity index (χ2n) is 16.0. The van der Waals surface area contributed by atoms with E-state index in [0.29, 0.717) is 81.2 Å². The van der Waals surface area contributed by atoms with Gasteiger partial charge in [0.05, 0.1) is 54.2 Å². The zero-order chi connectivity index (χ0) is 41.7. The van der Waals surface area contributed by atoms with E-state index in [-0.39, 0.29) is 43.0 Å². The van der Waals surface area contributed by atoms with Gasteiger partial charge in [0, 0.05) is 71.7 Å². The molecule has 2 aromatic heterocycles. The SMILES string of the molecule is COc1cc(-c2nccc(-c3cccc(-c4ccc(CN(CC5CCC(=O)N5)C(=O)OC(C)(C)C)c(OC)n4)c3Cl)c2Cl)ccc1CN1CCC(C(=O)OC(C)C)C1. The summed E-state index contributed by atoms with van der Waals surface area (Å²) in [6.07, 6.45) is 2.87. The number of rotatable bonds is 13. The monoisotopic (exact) mass is 831 g/mol. The molecular formula is C44H51Cl2N5O7. The lowest BCUT2D eigenvalue weighted by Crippen LogP contribution is -2.43. The summed E-state index contributed by atoms with van der Waals surface area (Å²) in [6, 6.07) is 16.9. The van der Waals surface area contributed by atoms with Gasteiger partial charge in [-0.25, -0.2) is 9.78 Å². The number of aromatic nitrogens is 2. The van der Waals surface area contributed by atoms with Crippen molar-refractivity contribution in [3.05, 3.63) is 82.0 Å². The molecular weight excluding hydrogens is 781 g/mol. The van der Waals surface area contributed by atoms with Crippen molar-refractivity contribution >= 4 is 41.2 Å². The van der Waals surface area contributed by atoms with Crippen LogP contribution in [0.15, 0.2) is 60.8 Å². The number of ether oxygens (including phenoxy) is 4. The van der Waals surface area contributed by atoms with Crippen LogP contribution in [0.2, 0.25) is 10.0 Å². The highest BCUT2D eigenvalue weighted by atomic mass is 35.5. The number of halogens is 2. The Kier molecular flexibility index (Phi) is 13.5. The number of hydrogen-bond acceptors (Lipinski definition) is 10. The molecule has 0 saturated carbocycles. The molecule has 0 radical (unpaired) electrons. The van der Waals surface area contributed by atoms with E-state index in [2.05, 4.69) is 15.2 Å². The first-order valence-corrected chi connectivity index (χ1v) is 20.2. The molecule has 12 nitrogen and oxygen atoms in total. The number of amides is 2. The van der Waals surface area contributed by atoms with Crippen LogP contribution < -0.4 is 14.8 Å². The number of carbonyl (C=O) groups is 3. The number of esters is 1. The summed E-state index contributed by atoms with van der Waals surface area (Å²) >= 11 is 14.3. The number of likely N-dealkylation sites (tertiary alicyclic amines) is 1. The van der Waals surface area contributed by atoms with Crippen molar-refractivity contribution in [2.75, 3.05) is 33.9 Å². The molecule has 0 aliphatic carbocycles. The number of nitrogens with one attached hydrogen (secondary N) is 1. The Hall–Kier alpha value is -4.91. The average molecular weight is 833 g/mol. The maximum Gasteiger partial charge on any atom is 0.410 e. The summed E-state index contributed by atoms with van der Waals surface area (Å²) in [5.74, 6) is 0.695. The molecule has 2 atom stereocenters. The summed E-state index contributed by atoms with van der Waals surface area (Å²) in [5.41, 5.74) is 4.88. The number of methoxy groups -OCH3 is 2. The number of benzene rings is 2. The van der Waals surface area contributed by atoms with E-state index < -0.39 is 11.7 Å². The number of hydrogen-bond donors (Lipinski definition) is 1. The van der Waals surface area contributed by atoms with E-state index in [1.54, 1.807) is 18.2 Å². The average Bonchev–Trinajstić information content (AvgIpc) is 3.83. The fourth-order valence-corrected chi connectivity index (χ4v) is 7.93. The standard InChI is InChI=1S/C44H51Cl2N5O7/c1-26(2)57-42(53)30-18-20-50(23-30)22-28-12-11-27(21-36(28)55-6)40-39(46)33(17-19-47-40)32-9-8-10-34(38(32)45)35-15-13-29(41(49-35)56-7)24-51(43(54)58-44(3,4)5)25-31-14-16-37(52)48-31/h8-13,15,17,19,21,26,30-31H,14,16,18,20,22-25H2,1-7H3,(H,48,52). The predicted octanol–water partition coefficient (Wildman–Crippen LogP) is 8.59. The third-order valence-electron chi connectivity index (χ3n) is 10.0. The lowest BCUT2D eigenvalue weighted by molar-refractivity contribution is -0.151. The van der Waals surface area contributed by atoms with E-state index in [1.807, 2.05) is 89.2 Å². The summed E-state index contributed by atoms with van der Waals surface area (Å²) in [4.78, 5) is 51.0. The van der Waals surface area contributed by atoms with Crippen LogP contribution in [-0.2, 0) is 32.2 Å². The minimum atomic E-state index is -0.705. The van der Waals surface area contributed by atoms with Crippen molar-refractivity contribution in [2.24, 2.45) is 5.92 Å². The minimum absolute atomic E-state index is 0.0354. The van der Waals surface area contributed by atoms with Crippen LogP contribution in [0.5, 0.6) is 11.6 Å². The van der Waals surface area contributed by atoms with Gasteiger partial charge >= 0.3 is 12.1 Å². The maximum atomic E-state index is 13.3. The molecule has 4 aromatic rings. The Morgan fingerprint density at radius 3 is 2.40 bits per heavy atom. The van der Waals surface area contributed by atoms with E-state index in [9.17, 15) is 14.4 Å². The van der Waals surface area contributed by atoms with E-state index in [1.165, 1.54) is 7.11 Å². The molecule has 2 saturated heterocycles. The van der Waals surface area contributed by atoms with E-state index in [4.69, 9.17) is 47.1 Å². The lowest BCUT2D eigenvalue weighted by Gasteiger charge is -2.29. The van der Waals surface area contributed by atoms with Gasteiger partial charge in [-0.05, 0) is 78.3 Å². The Labute approximate surface area is 350 Å². The highest BCUT2D eigenvalue weighted by Gasteiger charge is 2.31. The van der Waals surface area contributed by atoms with Crippen LogP contribution in [0.3, 0.4) is 0 Å². The van der Waals surface area contributed by atoms with Crippen LogP contribution in [-0.4, -0.2) is 89.3 Å². The number of nitrogens with zero attached hydrogens (tertiary/aromatic N) is 4. The van der Waals surface area contributed by atoms with Crippen molar-refractivity contribution in [3.8, 4) is 45.3 Å². The maximum absolute atomic E-state index is 13.3. The van der Waals surface area contributed by atoms with Gasteiger partial charge < -0.3 is 29.2 Å². The van der Waals surface area contributed by atoms with Gasteiger partial charge in [0.15, 0.2) is 0 Å². The Morgan fingerprint density at radius 2 is 1.71 bits per heavy atom. The molecule has 2 amide bonds. The van der Waals surface area contributed by atoms with Crippen molar-refractivity contribution < 1.29 is 33.3 Å². The van der Waals surface area contributed by atoms with E-state index in [0.717, 1.165) is 24.1 Å². The molecule has 1 N–H and O–H groups in total. The van der Waals surface area contributed by atoms with Gasteiger partial charge in [-0.3, -0.25) is 19.5 Å². The van der Waals surface area contributed by atoms with E-state index >= 15 is 0 Å². The second-order valence-corrected chi connectivity index (χ2v) is 16.7. The summed E-state index contributed by atoms with van der Waals surface area (Å²) in [6.45, 7) is 11.6. The quantitative estimate of drug-likeness (QED) is 0.131. The third-order valence-corrected chi connectivity index (χ3v) is 10.8. The topological polar surface area (TPSA) is 132 Å². The molecule has 2 unspecified atom stereocenters. The molecule has 58 heavy (non-hydrogen) atoms. The van der Waals surface area contributed by atoms with Crippen LogP contribution >= 0.6 is 23.2 Å². The van der Waals surface area contributed by atoms with Crippen molar-refractivity contribution in [1.29, 1.82) is 0 Å². The van der Waals surface area contributed by atoms with Gasteiger partial charge in [0.2, 0.25) is 11.8 Å². The summed E-state index contributed by atoms with van der Waals surface area (Å²) in [7, 11) is 3.16. The molecule has 6 rings (SSSR count). The summed E-state index contributed by atoms with van der Waals surface area (Å²) in [5, 5.41) is 3.79. The van der Waals surface area contributed by atoms with Gasteiger partial charge in [0.25, 0.3) is 0 Å². The van der Waals surface area contributed by atoms with Crippen molar-refractivity contribution in [1.82, 2.24) is 25.1 Å². The molecule has 14 heteroatoms. The molecule has 2 aliphatic rings. The molecule has 308 valence electrons. The zero-order valence-electron chi connectivity index (χ0n) is 34.1. The molecule has 4 heterocycles. The first-order chi connectivity index (χ1) is 27.6. The normalized spacial score (nSPS) is 17.0. The third kappa shape index (κ3) is 10.2. The Balaban J connectivity index is 1.23. The van der Waals surface area contributed by atoms with Gasteiger partial charge in [-0.15, -0.1) is 0 Å². The second kappa shape index (κ2) is 18.3.